The van der Waals surface area contributed by atoms with Crippen molar-refractivity contribution in [3.8, 4) is 5.75 Å². The lowest BCUT2D eigenvalue weighted by atomic mass is 9.98. The molecule has 1 aliphatic rings. The first kappa shape index (κ1) is 19.4. The smallest absolute Gasteiger partial charge is 0.291 e. The van der Waals surface area contributed by atoms with E-state index in [4.69, 9.17) is 20.8 Å². The van der Waals surface area contributed by atoms with Crippen LogP contribution in [0.15, 0.2) is 82.0 Å². The maximum absolute atomic E-state index is 13.4. The van der Waals surface area contributed by atoms with Crippen molar-refractivity contribution in [2.45, 2.75) is 12.6 Å². The summed E-state index contributed by atoms with van der Waals surface area (Å²) in [6.07, 6.45) is 0. The number of hydrogen-bond donors (Lipinski definition) is 0. The number of nitrogens with zero attached hydrogens (tertiary/aromatic N) is 1. The number of benzene rings is 3. The molecule has 0 fully saturated rings. The lowest BCUT2D eigenvalue weighted by Gasteiger charge is -2.25. The molecule has 0 N–H and O–H groups in total. The van der Waals surface area contributed by atoms with E-state index in [0.717, 1.165) is 16.9 Å². The molecule has 0 saturated carbocycles. The van der Waals surface area contributed by atoms with Crippen LogP contribution in [0.3, 0.4) is 0 Å². The maximum Gasteiger partial charge on any atom is 0.291 e. The number of methoxy groups -OCH3 is 1. The summed E-state index contributed by atoms with van der Waals surface area (Å²) in [4.78, 5) is 28.5. The number of amides is 1. The van der Waals surface area contributed by atoms with E-state index in [1.807, 2.05) is 36.4 Å². The number of ether oxygens (including phenoxy) is 1. The van der Waals surface area contributed by atoms with Gasteiger partial charge in [-0.1, -0.05) is 48.0 Å². The molecule has 1 aliphatic heterocycles. The second kappa shape index (κ2) is 7.60. The summed E-state index contributed by atoms with van der Waals surface area (Å²) < 4.78 is 11.2. The highest BCUT2D eigenvalue weighted by Gasteiger charge is 2.42. The minimum Gasteiger partial charge on any atom is -0.497 e. The van der Waals surface area contributed by atoms with Crippen LogP contribution in [0, 0.1) is 0 Å². The first-order valence-corrected chi connectivity index (χ1v) is 10.2. The Hall–Kier alpha value is -3.57. The van der Waals surface area contributed by atoms with Gasteiger partial charge in [-0.25, -0.2) is 0 Å². The highest BCUT2D eigenvalue weighted by atomic mass is 35.5. The van der Waals surface area contributed by atoms with Crippen LogP contribution in [0.2, 0.25) is 5.02 Å². The van der Waals surface area contributed by atoms with Gasteiger partial charge in [0.15, 0.2) is 5.43 Å². The molecular weight excluding hydrogens is 414 g/mol. The van der Waals surface area contributed by atoms with Crippen LogP contribution < -0.4 is 10.2 Å². The second-order valence-corrected chi connectivity index (χ2v) is 7.84. The van der Waals surface area contributed by atoms with Crippen molar-refractivity contribution in [1.82, 2.24) is 4.90 Å². The lowest BCUT2D eigenvalue weighted by Crippen LogP contribution is -2.29. The van der Waals surface area contributed by atoms with Crippen molar-refractivity contribution in [2.75, 3.05) is 7.11 Å². The number of hydrogen-bond acceptors (Lipinski definition) is 4. The molecule has 0 saturated heterocycles. The SMILES string of the molecule is COc1ccc(CN2C(=O)c3oc4ccccc4c(=O)c3[C@H]2c2ccc(Cl)cc2)cc1. The molecule has 1 amide bonds. The van der Waals surface area contributed by atoms with Gasteiger partial charge in [0.1, 0.15) is 11.3 Å². The van der Waals surface area contributed by atoms with Crippen LogP contribution in [0.5, 0.6) is 5.75 Å². The van der Waals surface area contributed by atoms with Gasteiger partial charge in [0.25, 0.3) is 5.91 Å². The van der Waals surface area contributed by atoms with Gasteiger partial charge in [-0.15, -0.1) is 0 Å². The van der Waals surface area contributed by atoms with E-state index in [1.54, 1.807) is 48.4 Å². The minimum atomic E-state index is -0.567. The van der Waals surface area contributed by atoms with Crippen molar-refractivity contribution >= 4 is 28.5 Å². The van der Waals surface area contributed by atoms with Crippen molar-refractivity contribution < 1.29 is 13.9 Å². The van der Waals surface area contributed by atoms with E-state index in [1.165, 1.54) is 0 Å². The average molecular weight is 432 g/mol. The molecule has 0 radical (unpaired) electrons. The third-order valence-corrected chi connectivity index (χ3v) is 5.82. The summed E-state index contributed by atoms with van der Waals surface area (Å²) in [5.41, 5.74) is 2.29. The van der Waals surface area contributed by atoms with Gasteiger partial charge in [-0.2, -0.15) is 0 Å². The highest BCUT2D eigenvalue weighted by Crippen LogP contribution is 2.39. The molecule has 0 unspecified atom stereocenters. The molecule has 0 aliphatic carbocycles. The molecule has 6 heteroatoms. The monoisotopic (exact) mass is 431 g/mol. The maximum atomic E-state index is 13.4. The Labute approximate surface area is 183 Å². The lowest BCUT2D eigenvalue weighted by molar-refractivity contribution is 0.0714. The molecule has 0 bridgehead atoms. The normalized spacial score (nSPS) is 15.4. The zero-order chi connectivity index (χ0) is 21.5. The summed E-state index contributed by atoms with van der Waals surface area (Å²) in [5, 5.41) is 1.04. The molecule has 5 rings (SSSR count). The Morgan fingerprint density at radius 2 is 1.68 bits per heavy atom. The molecule has 31 heavy (non-hydrogen) atoms. The zero-order valence-electron chi connectivity index (χ0n) is 16.7. The summed E-state index contributed by atoms with van der Waals surface area (Å²) in [6, 6.07) is 21.1. The Morgan fingerprint density at radius 1 is 0.968 bits per heavy atom. The topological polar surface area (TPSA) is 59.8 Å². The Balaban J connectivity index is 1.67. The molecule has 1 aromatic heterocycles. The fourth-order valence-electron chi connectivity index (χ4n) is 4.05. The number of fused-ring (bicyclic) bond motifs is 2. The largest absolute Gasteiger partial charge is 0.497 e. The van der Waals surface area contributed by atoms with Crippen LogP contribution >= 0.6 is 11.6 Å². The number of carbonyl (C=O) groups is 1. The van der Waals surface area contributed by atoms with Crippen molar-refractivity contribution in [3.05, 3.63) is 110 Å². The van der Waals surface area contributed by atoms with E-state index < -0.39 is 6.04 Å². The third kappa shape index (κ3) is 3.27. The average Bonchev–Trinajstić information content (AvgIpc) is 3.07. The van der Waals surface area contributed by atoms with Crippen LogP contribution in [-0.2, 0) is 6.54 Å². The van der Waals surface area contributed by atoms with Crippen molar-refractivity contribution in [2.24, 2.45) is 0 Å². The summed E-state index contributed by atoms with van der Waals surface area (Å²) in [6.45, 7) is 0.316. The van der Waals surface area contributed by atoms with Crippen LogP contribution in [-0.4, -0.2) is 17.9 Å². The van der Waals surface area contributed by atoms with Gasteiger partial charge in [-0.05, 0) is 47.5 Å². The van der Waals surface area contributed by atoms with Gasteiger partial charge in [0, 0.05) is 11.6 Å². The quantitative estimate of drug-likeness (QED) is 0.445. The minimum absolute atomic E-state index is 0.0946. The summed E-state index contributed by atoms with van der Waals surface area (Å²) >= 11 is 6.08. The number of rotatable bonds is 4. The molecule has 5 nitrogen and oxygen atoms in total. The number of halogens is 1. The van der Waals surface area contributed by atoms with E-state index >= 15 is 0 Å². The van der Waals surface area contributed by atoms with Gasteiger partial charge in [0.05, 0.1) is 24.1 Å². The predicted octanol–water partition coefficient (Wildman–Crippen LogP) is 5.20. The Morgan fingerprint density at radius 3 is 2.39 bits per heavy atom. The number of carbonyl (C=O) groups excluding carboxylic acids is 1. The molecule has 4 aromatic rings. The number of para-hydroxylation sites is 1. The van der Waals surface area contributed by atoms with Gasteiger partial charge in [-0.3, -0.25) is 9.59 Å². The Kier molecular flexibility index (Phi) is 4.75. The fraction of sp³-hybridized carbons (Fsp3) is 0.120. The van der Waals surface area contributed by atoms with E-state index in [9.17, 15) is 9.59 Å². The standard InChI is InChI=1S/C25H18ClNO4/c1-30-18-12-6-15(7-13-18)14-27-22(16-8-10-17(26)11-9-16)21-23(28)19-4-2-3-5-20(19)31-24(21)25(27)29/h2-13,22H,14H2,1H3/t22-/m1/s1. The first-order chi connectivity index (χ1) is 15.1. The molecule has 1 atom stereocenters. The molecule has 2 heterocycles. The molecule has 154 valence electrons. The highest BCUT2D eigenvalue weighted by molar-refractivity contribution is 6.30. The summed E-state index contributed by atoms with van der Waals surface area (Å²) in [5.74, 6) is 0.517. The van der Waals surface area contributed by atoms with Crippen molar-refractivity contribution in [1.29, 1.82) is 0 Å². The van der Waals surface area contributed by atoms with E-state index in [0.29, 0.717) is 28.1 Å². The van der Waals surface area contributed by atoms with Gasteiger partial charge < -0.3 is 14.1 Å². The molecule has 0 spiro atoms. The predicted molar refractivity (Wildman–Crippen MR) is 119 cm³/mol. The van der Waals surface area contributed by atoms with Crippen molar-refractivity contribution in [3.63, 3.8) is 0 Å². The fourth-order valence-corrected chi connectivity index (χ4v) is 4.18. The van der Waals surface area contributed by atoms with Crippen LogP contribution in [0.25, 0.3) is 11.0 Å². The van der Waals surface area contributed by atoms with Crippen LogP contribution in [0.4, 0.5) is 0 Å². The third-order valence-electron chi connectivity index (χ3n) is 5.57. The van der Waals surface area contributed by atoms with E-state index in [-0.39, 0.29) is 17.1 Å². The molecule has 3 aromatic carbocycles. The second-order valence-electron chi connectivity index (χ2n) is 7.41. The zero-order valence-corrected chi connectivity index (χ0v) is 17.4. The van der Waals surface area contributed by atoms with E-state index in [2.05, 4.69) is 0 Å². The van der Waals surface area contributed by atoms with Gasteiger partial charge >= 0.3 is 0 Å². The molecular formula is C25H18ClNO4. The van der Waals surface area contributed by atoms with Crippen LogP contribution in [0.1, 0.15) is 33.3 Å². The Bertz CT molecular complexity index is 1340. The summed E-state index contributed by atoms with van der Waals surface area (Å²) in [7, 11) is 1.61. The first-order valence-electron chi connectivity index (χ1n) is 9.82. The van der Waals surface area contributed by atoms with Gasteiger partial charge in [0.2, 0.25) is 5.76 Å².